The molecule has 0 spiro atoms. The van der Waals surface area contributed by atoms with Gasteiger partial charge in [0.1, 0.15) is 11.9 Å². The lowest BCUT2D eigenvalue weighted by atomic mass is 10.1. The van der Waals surface area contributed by atoms with Gasteiger partial charge >= 0.3 is 12.0 Å². The molecule has 0 unspecified atom stereocenters. The number of carbonyl (C=O) groups is 2. The van der Waals surface area contributed by atoms with Gasteiger partial charge in [-0.15, -0.1) is 0 Å². The molecule has 0 aromatic rings. The number of ether oxygens (including phenoxy) is 1. The van der Waals surface area contributed by atoms with Gasteiger partial charge in [-0.05, 0) is 33.1 Å². The molecule has 0 fully saturated rings. The topological polar surface area (TPSA) is 138 Å². The summed E-state index contributed by atoms with van der Waals surface area (Å²) in [6.07, 6.45) is 1.86. The van der Waals surface area contributed by atoms with Crippen molar-refractivity contribution in [2.45, 2.75) is 39.2 Å². The minimum Gasteiger partial charge on any atom is -0.464 e. The van der Waals surface area contributed by atoms with Crippen molar-refractivity contribution in [3.05, 3.63) is 0 Å². The Bertz CT molecular complexity index is 362. The second-order valence-corrected chi connectivity index (χ2v) is 4.57. The predicted molar refractivity (Wildman–Crippen MR) is 82.8 cm³/mol. The average molecular weight is 317 g/mol. The SMILES string of the molecule is CCOC(=O)[C@H](CCCCN=C(C)NO)NC(=O)NCCN. The van der Waals surface area contributed by atoms with Crippen molar-refractivity contribution >= 4 is 17.8 Å². The van der Waals surface area contributed by atoms with Crippen LogP contribution in [0.5, 0.6) is 0 Å². The maximum absolute atomic E-state index is 11.8. The first-order valence-corrected chi connectivity index (χ1v) is 7.37. The molecule has 0 bridgehead atoms. The molecular formula is C13H27N5O4. The Morgan fingerprint density at radius 2 is 2.09 bits per heavy atom. The fraction of sp³-hybridized carbons (Fsp3) is 0.769. The van der Waals surface area contributed by atoms with Crippen molar-refractivity contribution in [1.29, 1.82) is 0 Å². The van der Waals surface area contributed by atoms with Crippen LogP contribution >= 0.6 is 0 Å². The number of hydrogen-bond acceptors (Lipinski definition) is 6. The Hall–Kier alpha value is -1.87. The highest BCUT2D eigenvalue weighted by molar-refractivity contribution is 5.83. The third-order valence-electron chi connectivity index (χ3n) is 2.72. The quantitative estimate of drug-likeness (QED) is 0.124. The number of urea groups is 1. The standard InChI is InChI=1S/C13H27N5O4/c1-3-22-12(19)11(17-13(20)16-9-7-14)6-4-5-8-15-10(2)18-21/h11,21H,3-9,14H2,1-2H3,(H,15,18)(H2,16,17,20)/t11-/m0/s1. The lowest BCUT2D eigenvalue weighted by Crippen LogP contribution is -2.47. The van der Waals surface area contributed by atoms with Gasteiger partial charge in [0, 0.05) is 19.6 Å². The van der Waals surface area contributed by atoms with Gasteiger partial charge in [0.05, 0.1) is 6.61 Å². The third-order valence-corrected chi connectivity index (χ3v) is 2.72. The zero-order valence-electron chi connectivity index (χ0n) is 13.2. The van der Waals surface area contributed by atoms with Gasteiger partial charge < -0.3 is 21.1 Å². The summed E-state index contributed by atoms with van der Waals surface area (Å²) >= 11 is 0. The third kappa shape index (κ3) is 9.94. The Morgan fingerprint density at radius 3 is 2.68 bits per heavy atom. The summed E-state index contributed by atoms with van der Waals surface area (Å²) in [6.45, 7) is 4.80. The Balaban J connectivity index is 4.24. The molecule has 0 saturated carbocycles. The second-order valence-electron chi connectivity index (χ2n) is 4.57. The van der Waals surface area contributed by atoms with Crippen molar-refractivity contribution in [3.63, 3.8) is 0 Å². The normalized spacial score (nSPS) is 12.5. The van der Waals surface area contributed by atoms with E-state index in [1.54, 1.807) is 13.8 Å². The summed E-state index contributed by atoms with van der Waals surface area (Å²) in [6, 6.07) is -1.14. The van der Waals surface area contributed by atoms with E-state index in [1.807, 2.05) is 5.48 Å². The molecule has 22 heavy (non-hydrogen) atoms. The minimum atomic E-state index is -0.696. The van der Waals surface area contributed by atoms with E-state index in [-0.39, 0.29) is 6.61 Å². The fourth-order valence-electron chi connectivity index (χ4n) is 1.63. The van der Waals surface area contributed by atoms with Crippen molar-refractivity contribution in [3.8, 4) is 0 Å². The van der Waals surface area contributed by atoms with Gasteiger partial charge in [0.25, 0.3) is 0 Å². The van der Waals surface area contributed by atoms with Crippen LogP contribution in [0.4, 0.5) is 4.79 Å². The largest absolute Gasteiger partial charge is 0.464 e. The number of rotatable bonds is 10. The number of amidine groups is 1. The maximum atomic E-state index is 11.8. The summed E-state index contributed by atoms with van der Waals surface area (Å²) in [5, 5.41) is 13.7. The Morgan fingerprint density at radius 1 is 1.36 bits per heavy atom. The van der Waals surface area contributed by atoms with Crippen LogP contribution in [0.3, 0.4) is 0 Å². The summed E-state index contributed by atoms with van der Waals surface area (Å²) in [4.78, 5) is 27.5. The molecule has 1 atom stereocenters. The summed E-state index contributed by atoms with van der Waals surface area (Å²) in [7, 11) is 0. The molecule has 0 rings (SSSR count). The lowest BCUT2D eigenvalue weighted by molar-refractivity contribution is -0.145. The molecule has 0 aromatic carbocycles. The zero-order valence-corrected chi connectivity index (χ0v) is 13.2. The molecule has 9 heteroatoms. The molecule has 0 aromatic heterocycles. The number of aliphatic imine (C=N–C) groups is 1. The monoisotopic (exact) mass is 317 g/mol. The van der Waals surface area contributed by atoms with E-state index in [0.717, 1.165) is 6.42 Å². The first-order chi connectivity index (χ1) is 10.5. The van der Waals surface area contributed by atoms with Crippen LogP contribution in [0.15, 0.2) is 4.99 Å². The highest BCUT2D eigenvalue weighted by Crippen LogP contribution is 2.04. The molecular weight excluding hydrogens is 290 g/mol. The molecule has 0 aliphatic heterocycles. The Labute approximate surface area is 130 Å². The van der Waals surface area contributed by atoms with Crippen LogP contribution < -0.4 is 21.8 Å². The van der Waals surface area contributed by atoms with Crippen LogP contribution in [0, 0.1) is 0 Å². The summed E-state index contributed by atoms with van der Waals surface area (Å²) in [5.41, 5.74) is 7.24. The van der Waals surface area contributed by atoms with Gasteiger partial charge in [0.2, 0.25) is 0 Å². The maximum Gasteiger partial charge on any atom is 0.328 e. The minimum absolute atomic E-state index is 0.257. The number of hydrogen-bond donors (Lipinski definition) is 5. The predicted octanol–water partition coefficient (Wildman–Crippen LogP) is -0.256. The number of hydroxylamine groups is 1. The Kier molecular flexibility index (Phi) is 11.7. The van der Waals surface area contributed by atoms with E-state index in [0.29, 0.717) is 38.3 Å². The molecule has 0 aliphatic carbocycles. The highest BCUT2D eigenvalue weighted by atomic mass is 16.5. The number of nitrogens with two attached hydrogens (primary N) is 1. The van der Waals surface area contributed by atoms with Gasteiger partial charge in [0.15, 0.2) is 0 Å². The summed E-state index contributed by atoms with van der Waals surface area (Å²) < 4.78 is 4.95. The van der Waals surface area contributed by atoms with Gasteiger partial charge in [-0.1, -0.05) is 0 Å². The van der Waals surface area contributed by atoms with Gasteiger partial charge in [-0.3, -0.25) is 15.7 Å². The van der Waals surface area contributed by atoms with Crippen molar-refractivity contribution in [2.75, 3.05) is 26.2 Å². The van der Waals surface area contributed by atoms with Gasteiger partial charge in [-0.2, -0.15) is 0 Å². The van der Waals surface area contributed by atoms with E-state index in [4.69, 9.17) is 15.7 Å². The molecule has 2 amide bonds. The fourth-order valence-corrected chi connectivity index (χ4v) is 1.63. The van der Waals surface area contributed by atoms with Gasteiger partial charge in [-0.25, -0.2) is 9.59 Å². The van der Waals surface area contributed by atoms with Crippen molar-refractivity contribution < 1.29 is 19.5 Å². The average Bonchev–Trinajstić information content (AvgIpc) is 2.51. The number of unbranched alkanes of at least 4 members (excludes halogenated alkanes) is 1. The lowest BCUT2D eigenvalue weighted by Gasteiger charge is -2.17. The van der Waals surface area contributed by atoms with Crippen LogP contribution in [0.1, 0.15) is 33.1 Å². The zero-order chi connectivity index (χ0) is 16.8. The van der Waals surface area contributed by atoms with Crippen LogP contribution in [-0.2, 0) is 9.53 Å². The molecule has 0 aliphatic rings. The van der Waals surface area contributed by atoms with Crippen LogP contribution in [-0.4, -0.2) is 55.3 Å². The smallest absolute Gasteiger partial charge is 0.328 e. The van der Waals surface area contributed by atoms with E-state index in [2.05, 4.69) is 15.6 Å². The van der Waals surface area contributed by atoms with Crippen LogP contribution in [0.2, 0.25) is 0 Å². The molecule has 6 N–H and O–H groups in total. The first-order valence-electron chi connectivity index (χ1n) is 7.37. The van der Waals surface area contributed by atoms with Crippen molar-refractivity contribution in [2.24, 2.45) is 10.7 Å². The molecule has 0 saturated heterocycles. The van der Waals surface area contributed by atoms with Crippen molar-refractivity contribution in [1.82, 2.24) is 16.1 Å². The number of amides is 2. The number of nitrogens with one attached hydrogen (secondary N) is 3. The highest BCUT2D eigenvalue weighted by Gasteiger charge is 2.21. The number of nitrogens with zero attached hydrogens (tertiary/aromatic N) is 1. The van der Waals surface area contributed by atoms with E-state index in [9.17, 15) is 9.59 Å². The molecule has 128 valence electrons. The first kappa shape index (κ1) is 20.1. The number of carbonyl (C=O) groups excluding carboxylic acids is 2. The number of esters is 1. The second kappa shape index (κ2) is 12.8. The summed E-state index contributed by atoms with van der Waals surface area (Å²) in [5.74, 6) is -0.0247. The van der Waals surface area contributed by atoms with E-state index >= 15 is 0 Å². The van der Waals surface area contributed by atoms with Crippen LogP contribution in [0.25, 0.3) is 0 Å². The molecule has 0 heterocycles. The molecule has 0 radical (unpaired) electrons. The van der Waals surface area contributed by atoms with E-state index < -0.39 is 18.0 Å². The molecule has 9 nitrogen and oxygen atoms in total. The van der Waals surface area contributed by atoms with E-state index in [1.165, 1.54) is 0 Å².